The van der Waals surface area contributed by atoms with Crippen LogP contribution in [-0.4, -0.2) is 11.0 Å². The van der Waals surface area contributed by atoms with Gasteiger partial charge in [-0.2, -0.15) is 0 Å². The van der Waals surface area contributed by atoms with Crippen molar-refractivity contribution < 1.29 is 13.5 Å². The van der Waals surface area contributed by atoms with Crippen LogP contribution in [0.15, 0.2) is 18.5 Å². The largest absolute Gasteiger partial charge is 0.360 e. The topological polar surface area (TPSA) is 39.2 Å². The highest BCUT2D eigenvalue weighted by Gasteiger charge is 2.11. The van der Waals surface area contributed by atoms with Gasteiger partial charge in [0.25, 0.3) is 0 Å². The molecule has 0 radical (unpaired) electrons. The lowest BCUT2D eigenvalue weighted by atomic mass is 10.3. The molecule has 1 heterocycles. The molecular weight excluding hydrogens is 173 g/mol. The molecule has 0 aliphatic carbocycles. The van der Waals surface area contributed by atoms with E-state index in [4.69, 9.17) is 11.9 Å². The summed E-state index contributed by atoms with van der Waals surface area (Å²) in [5.74, 6) is -1.65. The standard InChI is InChI=1S/C6H3ClFNO2/c7-11-6(10)4-3-9-2-1-5(4)8/h1-3H. The van der Waals surface area contributed by atoms with E-state index in [2.05, 4.69) is 9.27 Å². The second-order valence-corrected chi connectivity index (χ2v) is 1.87. The highest BCUT2D eigenvalue weighted by atomic mass is 35.5. The molecule has 58 valence electrons. The Morgan fingerprint density at radius 2 is 2.45 bits per heavy atom. The molecule has 3 nitrogen and oxygen atoms in total. The fraction of sp³-hybridized carbons (Fsp3) is 0. The van der Waals surface area contributed by atoms with Crippen LogP contribution in [0.5, 0.6) is 0 Å². The quantitative estimate of drug-likeness (QED) is 0.650. The van der Waals surface area contributed by atoms with Crippen molar-refractivity contribution in [2.24, 2.45) is 0 Å². The van der Waals surface area contributed by atoms with Gasteiger partial charge in [-0.3, -0.25) is 4.98 Å². The van der Waals surface area contributed by atoms with Crippen LogP contribution < -0.4 is 0 Å². The van der Waals surface area contributed by atoms with Crippen LogP contribution in [0.1, 0.15) is 10.4 Å². The Hall–Kier alpha value is -1.16. The Balaban J connectivity index is 3.03. The zero-order valence-electron chi connectivity index (χ0n) is 5.25. The Kier molecular flexibility index (Phi) is 2.38. The molecule has 1 rings (SSSR count). The molecule has 0 aromatic carbocycles. The molecule has 0 spiro atoms. The Morgan fingerprint density at radius 1 is 1.73 bits per heavy atom. The molecule has 1 aromatic heterocycles. The summed E-state index contributed by atoms with van der Waals surface area (Å²) in [6.45, 7) is 0. The van der Waals surface area contributed by atoms with Gasteiger partial charge in [0.1, 0.15) is 23.2 Å². The van der Waals surface area contributed by atoms with Gasteiger partial charge < -0.3 is 4.29 Å². The first-order valence-corrected chi connectivity index (χ1v) is 2.99. The maximum Gasteiger partial charge on any atom is 0.360 e. The van der Waals surface area contributed by atoms with Crippen LogP contribution in [-0.2, 0) is 4.29 Å². The second-order valence-electron chi connectivity index (χ2n) is 1.72. The van der Waals surface area contributed by atoms with E-state index in [-0.39, 0.29) is 5.56 Å². The molecule has 0 aliphatic heterocycles. The molecule has 0 atom stereocenters. The average molecular weight is 176 g/mol. The summed E-state index contributed by atoms with van der Waals surface area (Å²) in [5, 5.41) is 0. The van der Waals surface area contributed by atoms with E-state index in [1.165, 1.54) is 6.20 Å². The molecule has 0 N–H and O–H groups in total. The van der Waals surface area contributed by atoms with Gasteiger partial charge in [-0.25, -0.2) is 9.18 Å². The second kappa shape index (κ2) is 3.30. The van der Waals surface area contributed by atoms with Crippen molar-refractivity contribution in [2.45, 2.75) is 0 Å². The summed E-state index contributed by atoms with van der Waals surface area (Å²) >= 11 is 4.71. The zero-order valence-corrected chi connectivity index (χ0v) is 6.01. The van der Waals surface area contributed by atoms with Gasteiger partial charge in [0.2, 0.25) is 0 Å². The first kappa shape index (κ1) is 7.94. The lowest BCUT2D eigenvalue weighted by Crippen LogP contribution is -2.01. The van der Waals surface area contributed by atoms with Crippen molar-refractivity contribution in [3.05, 3.63) is 29.8 Å². The van der Waals surface area contributed by atoms with Crippen molar-refractivity contribution in [1.29, 1.82) is 0 Å². The molecule has 11 heavy (non-hydrogen) atoms. The van der Waals surface area contributed by atoms with E-state index in [0.717, 1.165) is 12.3 Å². The maximum atomic E-state index is 12.6. The smallest absolute Gasteiger partial charge is 0.343 e. The molecule has 0 amide bonds. The minimum atomic E-state index is -0.947. The van der Waals surface area contributed by atoms with Crippen molar-refractivity contribution in [3.8, 4) is 0 Å². The monoisotopic (exact) mass is 175 g/mol. The summed E-state index contributed by atoms with van der Waals surface area (Å²) in [5.41, 5.74) is -0.275. The summed E-state index contributed by atoms with van der Waals surface area (Å²) in [6.07, 6.45) is 2.26. The average Bonchev–Trinajstić information content (AvgIpc) is 2.04. The zero-order chi connectivity index (χ0) is 8.27. The van der Waals surface area contributed by atoms with Gasteiger partial charge in [0, 0.05) is 12.4 Å². The number of nitrogens with zero attached hydrogens (tertiary/aromatic N) is 1. The minimum Gasteiger partial charge on any atom is -0.343 e. The van der Waals surface area contributed by atoms with E-state index >= 15 is 0 Å². The van der Waals surface area contributed by atoms with Crippen LogP contribution in [0.3, 0.4) is 0 Å². The van der Waals surface area contributed by atoms with E-state index < -0.39 is 11.8 Å². The normalized spacial score (nSPS) is 9.27. The third-order valence-electron chi connectivity index (χ3n) is 1.06. The molecule has 5 heteroatoms. The number of aromatic nitrogens is 1. The summed E-state index contributed by atoms with van der Waals surface area (Å²) in [4.78, 5) is 14.1. The van der Waals surface area contributed by atoms with Crippen molar-refractivity contribution in [3.63, 3.8) is 0 Å². The first-order valence-electron chi connectivity index (χ1n) is 2.68. The minimum absolute atomic E-state index is 0.275. The van der Waals surface area contributed by atoms with Crippen LogP contribution in [0, 0.1) is 5.82 Å². The third kappa shape index (κ3) is 1.65. The number of carbonyl (C=O) groups is 1. The van der Waals surface area contributed by atoms with Gasteiger partial charge in [-0.15, -0.1) is 0 Å². The summed E-state index contributed by atoms with van der Waals surface area (Å²) in [6, 6.07) is 1.04. The van der Waals surface area contributed by atoms with Gasteiger partial charge in [-0.05, 0) is 6.07 Å². The molecule has 0 saturated carbocycles. The molecule has 1 aromatic rings. The Bertz CT molecular complexity index is 279. The highest BCUT2D eigenvalue weighted by molar-refractivity contribution is 6.15. The lowest BCUT2D eigenvalue weighted by Gasteiger charge is -1.95. The van der Waals surface area contributed by atoms with Crippen molar-refractivity contribution >= 4 is 17.8 Å². The van der Waals surface area contributed by atoms with Gasteiger partial charge in [0.15, 0.2) is 0 Å². The fourth-order valence-electron chi connectivity index (χ4n) is 0.569. The first-order chi connectivity index (χ1) is 5.25. The summed E-state index contributed by atoms with van der Waals surface area (Å²) < 4.78 is 16.4. The molecule has 0 aliphatic rings. The van der Waals surface area contributed by atoms with Crippen molar-refractivity contribution in [1.82, 2.24) is 4.98 Å². The highest BCUT2D eigenvalue weighted by Crippen LogP contribution is 2.06. The third-order valence-corrected chi connectivity index (χ3v) is 1.20. The van der Waals surface area contributed by atoms with Crippen LogP contribution in [0.2, 0.25) is 0 Å². The number of hydrogen-bond donors (Lipinski definition) is 0. The van der Waals surface area contributed by atoms with Gasteiger partial charge in [-0.1, -0.05) is 0 Å². The van der Waals surface area contributed by atoms with Crippen LogP contribution in [0.25, 0.3) is 0 Å². The molecule has 0 saturated heterocycles. The lowest BCUT2D eigenvalue weighted by molar-refractivity contribution is 0.0746. The number of hydrogen-bond acceptors (Lipinski definition) is 3. The van der Waals surface area contributed by atoms with Crippen LogP contribution >= 0.6 is 11.9 Å². The van der Waals surface area contributed by atoms with E-state index in [1.54, 1.807) is 0 Å². The van der Waals surface area contributed by atoms with Gasteiger partial charge >= 0.3 is 5.97 Å². The molecule has 0 fully saturated rings. The number of pyridine rings is 1. The van der Waals surface area contributed by atoms with Crippen molar-refractivity contribution in [2.75, 3.05) is 0 Å². The molecule has 0 unspecified atom stereocenters. The number of halogens is 2. The summed E-state index contributed by atoms with van der Waals surface area (Å²) in [7, 11) is 0. The Labute approximate surface area is 66.9 Å². The number of rotatable bonds is 1. The number of carbonyl (C=O) groups excluding carboxylic acids is 1. The SMILES string of the molecule is O=C(OCl)c1cnccc1F. The predicted octanol–water partition coefficient (Wildman–Crippen LogP) is 1.53. The van der Waals surface area contributed by atoms with E-state index in [0.29, 0.717) is 0 Å². The van der Waals surface area contributed by atoms with Gasteiger partial charge in [0.05, 0.1) is 0 Å². The molecular formula is C6H3ClFNO2. The maximum absolute atomic E-state index is 12.6. The van der Waals surface area contributed by atoms with Crippen LogP contribution in [0.4, 0.5) is 4.39 Å². The predicted molar refractivity (Wildman–Crippen MR) is 35.5 cm³/mol. The Morgan fingerprint density at radius 3 is 3.00 bits per heavy atom. The fourth-order valence-corrected chi connectivity index (χ4v) is 0.652. The van der Waals surface area contributed by atoms with E-state index in [1.807, 2.05) is 0 Å². The van der Waals surface area contributed by atoms with E-state index in [9.17, 15) is 9.18 Å². The molecule has 0 bridgehead atoms.